The smallest absolute Gasteiger partial charge is 0.414 e. The Morgan fingerprint density at radius 3 is 2.75 bits per heavy atom. The van der Waals surface area contributed by atoms with E-state index in [2.05, 4.69) is 0 Å². The van der Waals surface area contributed by atoms with Crippen molar-refractivity contribution < 1.29 is 13.9 Å². The van der Waals surface area contributed by atoms with Gasteiger partial charge in [0.05, 0.1) is 12.6 Å². The molecule has 108 valence electrons. The molecule has 1 aromatic rings. The van der Waals surface area contributed by atoms with E-state index in [0.29, 0.717) is 12.5 Å². The first-order valence-electron chi connectivity index (χ1n) is 6.95. The average molecular weight is 277 g/mol. The van der Waals surface area contributed by atoms with Crippen LogP contribution in [0.5, 0.6) is 0 Å². The maximum absolute atomic E-state index is 13.0. The van der Waals surface area contributed by atoms with Gasteiger partial charge < -0.3 is 4.74 Å². The number of halogens is 1. The van der Waals surface area contributed by atoms with E-state index < -0.39 is 0 Å². The van der Waals surface area contributed by atoms with Crippen LogP contribution in [0, 0.1) is 11.7 Å². The van der Waals surface area contributed by atoms with Crippen molar-refractivity contribution in [3.63, 3.8) is 0 Å². The molecular formula is C16H20FNO2. The molecule has 1 atom stereocenters. The number of hydrogen-bond acceptors (Lipinski definition) is 2. The summed E-state index contributed by atoms with van der Waals surface area (Å²) in [6.07, 6.45) is 5.09. The summed E-state index contributed by atoms with van der Waals surface area (Å²) in [6, 6.07) is 6.21. The second kappa shape index (κ2) is 6.55. The molecule has 20 heavy (non-hydrogen) atoms. The van der Waals surface area contributed by atoms with Crippen molar-refractivity contribution in [2.24, 2.45) is 5.92 Å². The number of carbonyl (C=O) groups excluding carboxylic acids is 1. The van der Waals surface area contributed by atoms with Gasteiger partial charge in [-0.2, -0.15) is 0 Å². The standard InChI is InChI=1S/C16H20FNO2/c1-12(2)11-20-16(19)18-10-4-3-5-15(18)13-6-8-14(17)9-7-13/h4,6-10,12,15H,3,5,11H2,1-2H3/t15-/m1/s1. The highest BCUT2D eigenvalue weighted by atomic mass is 19.1. The molecule has 0 N–H and O–H groups in total. The van der Waals surface area contributed by atoms with Crippen LogP contribution >= 0.6 is 0 Å². The van der Waals surface area contributed by atoms with Gasteiger partial charge in [0.1, 0.15) is 5.82 Å². The highest BCUT2D eigenvalue weighted by Gasteiger charge is 2.26. The summed E-state index contributed by atoms with van der Waals surface area (Å²) >= 11 is 0. The predicted molar refractivity (Wildman–Crippen MR) is 75.5 cm³/mol. The van der Waals surface area contributed by atoms with Crippen LogP contribution in [0.1, 0.15) is 38.3 Å². The first kappa shape index (κ1) is 14.6. The molecule has 3 nitrogen and oxygen atoms in total. The zero-order chi connectivity index (χ0) is 14.5. The molecule has 0 saturated carbocycles. The SMILES string of the molecule is CC(C)COC(=O)N1C=CCC[C@@H]1c1ccc(F)cc1. The quantitative estimate of drug-likeness (QED) is 0.825. The Bertz CT molecular complexity index is 482. The molecule has 0 fully saturated rings. The van der Waals surface area contributed by atoms with Gasteiger partial charge in [-0.25, -0.2) is 9.18 Å². The van der Waals surface area contributed by atoms with Crippen molar-refractivity contribution in [3.8, 4) is 0 Å². The molecule has 0 spiro atoms. The van der Waals surface area contributed by atoms with Crippen molar-refractivity contribution in [1.29, 1.82) is 0 Å². The van der Waals surface area contributed by atoms with E-state index in [1.807, 2.05) is 19.9 Å². The molecule has 1 aromatic carbocycles. The summed E-state index contributed by atoms with van der Waals surface area (Å²) in [5.41, 5.74) is 0.928. The van der Waals surface area contributed by atoms with Gasteiger partial charge in [0.25, 0.3) is 0 Å². The fourth-order valence-electron chi connectivity index (χ4n) is 2.20. The number of allylic oxidation sites excluding steroid dienone is 1. The van der Waals surface area contributed by atoms with Crippen LogP contribution in [0.25, 0.3) is 0 Å². The van der Waals surface area contributed by atoms with Crippen LogP contribution in [0.4, 0.5) is 9.18 Å². The molecule has 1 amide bonds. The molecule has 2 rings (SSSR count). The fraction of sp³-hybridized carbons (Fsp3) is 0.438. The maximum Gasteiger partial charge on any atom is 0.414 e. The predicted octanol–water partition coefficient (Wildman–Crippen LogP) is 4.27. The summed E-state index contributed by atoms with van der Waals surface area (Å²) in [6.45, 7) is 4.40. The largest absolute Gasteiger partial charge is 0.449 e. The molecule has 1 aliphatic rings. The lowest BCUT2D eigenvalue weighted by Crippen LogP contribution is -2.33. The first-order valence-corrected chi connectivity index (χ1v) is 6.95. The second-order valence-electron chi connectivity index (χ2n) is 5.41. The van der Waals surface area contributed by atoms with Crippen molar-refractivity contribution in [2.75, 3.05) is 6.61 Å². The van der Waals surface area contributed by atoms with Crippen LogP contribution in [0.3, 0.4) is 0 Å². The van der Waals surface area contributed by atoms with Gasteiger partial charge in [-0.05, 0) is 36.5 Å². The lowest BCUT2D eigenvalue weighted by atomic mass is 9.98. The zero-order valence-corrected chi connectivity index (χ0v) is 11.9. The number of hydrogen-bond donors (Lipinski definition) is 0. The van der Waals surface area contributed by atoms with E-state index in [1.165, 1.54) is 12.1 Å². The lowest BCUT2D eigenvalue weighted by Gasteiger charge is -2.31. The third-order valence-corrected chi connectivity index (χ3v) is 3.21. The Labute approximate surface area is 119 Å². The van der Waals surface area contributed by atoms with Gasteiger partial charge in [0.15, 0.2) is 0 Å². The Morgan fingerprint density at radius 1 is 1.40 bits per heavy atom. The molecule has 0 aromatic heterocycles. The number of rotatable bonds is 3. The van der Waals surface area contributed by atoms with E-state index in [1.54, 1.807) is 23.2 Å². The number of nitrogens with zero attached hydrogens (tertiary/aromatic N) is 1. The average Bonchev–Trinajstić information content (AvgIpc) is 2.45. The number of ether oxygens (including phenoxy) is 1. The van der Waals surface area contributed by atoms with Crippen LogP contribution < -0.4 is 0 Å². The molecule has 4 heteroatoms. The minimum atomic E-state index is -0.344. The van der Waals surface area contributed by atoms with Gasteiger partial charge in [-0.3, -0.25) is 4.90 Å². The van der Waals surface area contributed by atoms with Gasteiger partial charge in [0.2, 0.25) is 0 Å². The highest BCUT2D eigenvalue weighted by molar-refractivity contribution is 5.70. The summed E-state index contributed by atoms with van der Waals surface area (Å²) in [5, 5.41) is 0. The molecule has 0 bridgehead atoms. The number of amides is 1. The molecule has 0 saturated heterocycles. The first-order chi connectivity index (χ1) is 9.58. The molecule has 1 heterocycles. The summed E-state index contributed by atoms with van der Waals surface area (Å²) in [7, 11) is 0. The topological polar surface area (TPSA) is 29.5 Å². The Kier molecular flexibility index (Phi) is 4.77. The van der Waals surface area contributed by atoms with E-state index >= 15 is 0 Å². The van der Waals surface area contributed by atoms with Gasteiger partial charge in [-0.15, -0.1) is 0 Å². The molecular weight excluding hydrogens is 257 g/mol. The van der Waals surface area contributed by atoms with Crippen molar-refractivity contribution in [2.45, 2.75) is 32.7 Å². The van der Waals surface area contributed by atoms with Crippen LogP contribution in [-0.2, 0) is 4.74 Å². The molecule has 0 aliphatic carbocycles. The van der Waals surface area contributed by atoms with E-state index in [4.69, 9.17) is 4.74 Å². The molecule has 0 unspecified atom stereocenters. The van der Waals surface area contributed by atoms with Crippen LogP contribution in [-0.4, -0.2) is 17.6 Å². The van der Waals surface area contributed by atoms with Gasteiger partial charge >= 0.3 is 6.09 Å². The number of benzene rings is 1. The summed E-state index contributed by atoms with van der Waals surface area (Å²) in [5.74, 6) is 0.0334. The number of carbonyl (C=O) groups is 1. The second-order valence-corrected chi connectivity index (χ2v) is 5.41. The summed E-state index contributed by atoms with van der Waals surface area (Å²) < 4.78 is 18.3. The minimum absolute atomic E-state index is 0.0831. The van der Waals surface area contributed by atoms with E-state index in [0.717, 1.165) is 18.4 Å². The van der Waals surface area contributed by atoms with Crippen molar-refractivity contribution in [3.05, 3.63) is 47.9 Å². The van der Waals surface area contributed by atoms with Crippen molar-refractivity contribution in [1.82, 2.24) is 4.90 Å². The van der Waals surface area contributed by atoms with Gasteiger partial charge in [0, 0.05) is 6.20 Å². The normalized spacial score (nSPS) is 18.4. The minimum Gasteiger partial charge on any atom is -0.449 e. The monoisotopic (exact) mass is 277 g/mol. The van der Waals surface area contributed by atoms with E-state index in [9.17, 15) is 9.18 Å². The van der Waals surface area contributed by atoms with E-state index in [-0.39, 0.29) is 18.0 Å². The zero-order valence-electron chi connectivity index (χ0n) is 11.9. The van der Waals surface area contributed by atoms with Crippen LogP contribution in [0.2, 0.25) is 0 Å². The fourth-order valence-corrected chi connectivity index (χ4v) is 2.20. The highest BCUT2D eigenvalue weighted by Crippen LogP contribution is 2.30. The maximum atomic E-state index is 13.0. The Hall–Kier alpha value is -1.84. The molecule has 1 aliphatic heterocycles. The van der Waals surface area contributed by atoms with Crippen molar-refractivity contribution >= 4 is 6.09 Å². The van der Waals surface area contributed by atoms with Crippen LogP contribution in [0.15, 0.2) is 36.5 Å². The molecule has 0 radical (unpaired) electrons. The third kappa shape index (κ3) is 3.59. The Morgan fingerprint density at radius 2 is 2.10 bits per heavy atom. The Balaban J connectivity index is 2.12. The lowest BCUT2D eigenvalue weighted by molar-refractivity contribution is 0.0909. The summed E-state index contributed by atoms with van der Waals surface area (Å²) in [4.78, 5) is 13.7. The van der Waals surface area contributed by atoms with Gasteiger partial charge in [-0.1, -0.05) is 32.1 Å². The third-order valence-electron chi connectivity index (χ3n) is 3.21.